The van der Waals surface area contributed by atoms with E-state index in [0.717, 1.165) is 11.3 Å². The van der Waals surface area contributed by atoms with Gasteiger partial charge in [-0.15, -0.1) is 0 Å². The highest BCUT2D eigenvalue weighted by molar-refractivity contribution is 5.93. The second-order valence-electron chi connectivity index (χ2n) is 5.95. The van der Waals surface area contributed by atoms with Crippen LogP contribution in [0.1, 0.15) is 23.8 Å². The Labute approximate surface area is 146 Å². The number of furan rings is 1. The van der Waals surface area contributed by atoms with Crippen LogP contribution in [0.25, 0.3) is 0 Å². The van der Waals surface area contributed by atoms with Gasteiger partial charge in [-0.1, -0.05) is 6.07 Å². The average Bonchev–Trinajstić information content (AvgIpc) is 3.24. The number of carbonyl (C=O) groups is 1. The van der Waals surface area contributed by atoms with Gasteiger partial charge in [0, 0.05) is 6.07 Å². The molecule has 2 aromatic heterocycles. The van der Waals surface area contributed by atoms with Crippen LogP contribution in [0.4, 0.5) is 5.82 Å². The van der Waals surface area contributed by atoms with Crippen molar-refractivity contribution in [1.82, 2.24) is 9.78 Å². The number of nitrogens with one attached hydrogen (secondary N) is 1. The van der Waals surface area contributed by atoms with Gasteiger partial charge in [0.15, 0.2) is 6.10 Å². The van der Waals surface area contributed by atoms with E-state index in [4.69, 9.17) is 9.15 Å². The molecule has 6 nitrogen and oxygen atoms in total. The summed E-state index contributed by atoms with van der Waals surface area (Å²) >= 11 is 0. The van der Waals surface area contributed by atoms with Crippen molar-refractivity contribution in [3.05, 3.63) is 65.7 Å². The van der Waals surface area contributed by atoms with Crippen molar-refractivity contribution < 1.29 is 13.9 Å². The van der Waals surface area contributed by atoms with E-state index in [1.54, 1.807) is 30.1 Å². The Morgan fingerprint density at radius 2 is 2.12 bits per heavy atom. The van der Waals surface area contributed by atoms with Gasteiger partial charge in [-0.3, -0.25) is 4.79 Å². The highest BCUT2D eigenvalue weighted by Gasteiger charge is 2.17. The minimum absolute atomic E-state index is 0.237. The van der Waals surface area contributed by atoms with Crippen LogP contribution in [0.3, 0.4) is 0 Å². The second kappa shape index (κ2) is 7.25. The number of hydrogen-bond acceptors (Lipinski definition) is 4. The molecule has 0 saturated carbocycles. The van der Waals surface area contributed by atoms with Gasteiger partial charge in [0.2, 0.25) is 0 Å². The number of nitrogens with zero attached hydrogens (tertiary/aromatic N) is 2. The molecule has 2 heterocycles. The van der Waals surface area contributed by atoms with Crippen LogP contribution in [0.15, 0.2) is 53.3 Å². The lowest BCUT2D eigenvalue weighted by Gasteiger charge is -2.16. The van der Waals surface area contributed by atoms with Gasteiger partial charge < -0.3 is 14.5 Å². The maximum absolute atomic E-state index is 12.4. The second-order valence-corrected chi connectivity index (χ2v) is 5.95. The number of aryl methyl sites for hydroxylation is 2. The maximum Gasteiger partial charge on any atom is 0.266 e. The molecule has 1 amide bonds. The van der Waals surface area contributed by atoms with E-state index in [1.807, 2.05) is 44.2 Å². The van der Waals surface area contributed by atoms with Gasteiger partial charge in [-0.25, -0.2) is 4.68 Å². The van der Waals surface area contributed by atoms with Gasteiger partial charge in [-0.05, 0) is 56.2 Å². The zero-order chi connectivity index (χ0) is 17.8. The molecular weight excluding hydrogens is 318 g/mol. The molecule has 0 aliphatic carbocycles. The van der Waals surface area contributed by atoms with Crippen LogP contribution in [-0.4, -0.2) is 21.8 Å². The molecule has 0 aliphatic heterocycles. The van der Waals surface area contributed by atoms with Crippen molar-refractivity contribution in [3.8, 4) is 5.75 Å². The van der Waals surface area contributed by atoms with Gasteiger partial charge >= 0.3 is 0 Å². The van der Waals surface area contributed by atoms with Crippen molar-refractivity contribution in [2.45, 2.75) is 33.4 Å². The summed E-state index contributed by atoms with van der Waals surface area (Å²) in [6, 6.07) is 11.2. The number of rotatable bonds is 6. The van der Waals surface area contributed by atoms with E-state index in [1.165, 1.54) is 5.56 Å². The van der Waals surface area contributed by atoms with Gasteiger partial charge in [0.25, 0.3) is 5.91 Å². The number of anilines is 1. The average molecular weight is 339 g/mol. The third kappa shape index (κ3) is 4.09. The predicted molar refractivity (Wildman–Crippen MR) is 94.7 cm³/mol. The lowest BCUT2D eigenvalue weighted by Crippen LogP contribution is -2.31. The first kappa shape index (κ1) is 16.8. The predicted octanol–water partition coefficient (Wildman–Crippen LogP) is 3.55. The number of benzene rings is 1. The molecule has 0 saturated heterocycles. The normalized spacial score (nSPS) is 12.0. The molecule has 130 valence electrons. The molecule has 25 heavy (non-hydrogen) atoms. The quantitative estimate of drug-likeness (QED) is 0.746. The molecule has 0 fully saturated rings. The van der Waals surface area contributed by atoms with Crippen LogP contribution in [0.5, 0.6) is 5.75 Å². The number of amides is 1. The molecule has 0 spiro atoms. The minimum Gasteiger partial charge on any atom is -0.481 e. The zero-order valence-electron chi connectivity index (χ0n) is 14.5. The van der Waals surface area contributed by atoms with Crippen molar-refractivity contribution in [2.24, 2.45) is 0 Å². The SMILES string of the molecule is Cc1ccc(OC(C)C(=O)Nc2ccnn2Cc2ccco2)cc1C. The third-order valence-electron chi connectivity index (χ3n) is 4.01. The molecule has 3 aromatic rings. The van der Waals surface area contributed by atoms with Crippen molar-refractivity contribution in [3.63, 3.8) is 0 Å². The van der Waals surface area contributed by atoms with Crippen molar-refractivity contribution in [1.29, 1.82) is 0 Å². The Balaban J connectivity index is 1.63. The van der Waals surface area contributed by atoms with Crippen molar-refractivity contribution >= 4 is 11.7 Å². The van der Waals surface area contributed by atoms with E-state index < -0.39 is 6.10 Å². The third-order valence-corrected chi connectivity index (χ3v) is 4.01. The highest BCUT2D eigenvalue weighted by Crippen LogP contribution is 2.18. The lowest BCUT2D eigenvalue weighted by molar-refractivity contribution is -0.122. The molecule has 1 N–H and O–H groups in total. The largest absolute Gasteiger partial charge is 0.481 e. The fourth-order valence-electron chi connectivity index (χ4n) is 2.39. The number of hydrogen-bond donors (Lipinski definition) is 1. The Kier molecular flexibility index (Phi) is 4.88. The van der Waals surface area contributed by atoms with E-state index >= 15 is 0 Å². The molecule has 1 atom stereocenters. The summed E-state index contributed by atoms with van der Waals surface area (Å²) in [7, 11) is 0. The van der Waals surface area contributed by atoms with Crippen LogP contribution >= 0.6 is 0 Å². The minimum atomic E-state index is -0.630. The van der Waals surface area contributed by atoms with Crippen LogP contribution in [-0.2, 0) is 11.3 Å². The summed E-state index contributed by atoms with van der Waals surface area (Å²) in [4.78, 5) is 12.4. The first-order valence-electron chi connectivity index (χ1n) is 8.12. The van der Waals surface area contributed by atoms with Gasteiger partial charge in [-0.2, -0.15) is 5.10 Å². The molecule has 0 aliphatic rings. The first-order valence-corrected chi connectivity index (χ1v) is 8.12. The molecular formula is C19H21N3O3. The van der Waals surface area contributed by atoms with Crippen LogP contribution in [0.2, 0.25) is 0 Å². The highest BCUT2D eigenvalue weighted by atomic mass is 16.5. The molecule has 0 bridgehead atoms. The first-order chi connectivity index (χ1) is 12.0. The summed E-state index contributed by atoms with van der Waals surface area (Å²) in [5.41, 5.74) is 2.31. The smallest absolute Gasteiger partial charge is 0.266 e. The number of aromatic nitrogens is 2. The summed E-state index contributed by atoms with van der Waals surface area (Å²) < 4.78 is 12.7. The van der Waals surface area contributed by atoms with E-state index in [-0.39, 0.29) is 5.91 Å². The van der Waals surface area contributed by atoms with Gasteiger partial charge in [0.1, 0.15) is 23.9 Å². The Hall–Kier alpha value is -3.02. The molecule has 1 aromatic carbocycles. The maximum atomic E-state index is 12.4. The molecule has 6 heteroatoms. The van der Waals surface area contributed by atoms with Crippen LogP contribution in [0, 0.1) is 13.8 Å². The molecule has 1 unspecified atom stereocenters. The van der Waals surface area contributed by atoms with E-state index in [2.05, 4.69) is 10.4 Å². The topological polar surface area (TPSA) is 69.3 Å². The monoisotopic (exact) mass is 339 g/mol. The number of carbonyl (C=O) groups excluding carboxylic acids is 1. The fourth-order valence-corrected chi connectivity index (χ4v) is 2.39. The Morgan fingerprint density at radius 1 is 1.28 bits per heavy atom. The fraction of sp³-hybridized carbons (Fsp3) is 0.263. The van der Waals surface area contributed by atoms with Crippen LogP contribution < -0.4 is 10.1 Å². The summed E-state index contributed by atoms with van der Waals surface area (Å²) in [6.45, 7) is 6.22. The molecule has 0 radical (unpaired) electrons. The number of ether oxygens (including phenoxy) is 1. The standard InChI is InChI=1S/C19H21N3O3/c1-13-6-7-16(11-14(13)2)25-15(3)19(23)21-18-8-9-20-22(18)12-17-5-4-10-24-17/h4-11,15H,12H2,1-3H3,(H,21,23). The zero-order valence-corrected chi connectivity index (χ0v) is 14.5. The van der Waals surface area contributed by atoms with E-state index in [0.29, 0.717) is 18.1 Å². The summed E-state index contributed by atoms with van der Waals surface area (Å²) in [6.07, 6.45) is 2.61. The van der Waals surface area contributed by atoms with Gasteiger partial charge in [0.05, 0.1) is 12.5 Å². The summed E-state index contributed by atoms with van der Waals surface area (Å²) in [5, 5.41) is 7.05. The Bertz CT molecular complexity index is 853. The van der Waals surface area contributed by atoms with Crippen molar-refractivity contribution in [2.75, 3.05) is 5.32 Å². The lowest BCUT2D eigenvalue weighted by atomic mass is 10.1. The Morgan fingerprint density at radius 3 is 2.84 bits per heavy atom. The summed E-state index contributed by atoms with van der Waals surface area (Å²) in [5.74, 6) is 1.80. The molecule has 3 rings (SSSR count). The van der Waals surface area contributed by atoms with E-state index in [9.17, 15) is 4.79 Å².